The molecule has 0 unspecified atom stereocenters. The number of likely N-dealkylation sites (tertiary alicyclic amines) is 2. The van der Waals surface area contributed by atoms with Crippen molar-refractivity contribution in [1.82, 2.24) is 19.1 Å². The van der Waals surface area contributed by atoms with E-state index in [9.17, 15) is 4.79 Å². The number of esters is 1. The van der Waals surface area contributed by atoms with Gasteiger partial charge in [-0.2, -0.15) is 0 Å². The van der Waals surface area contributed by atoms with Crippen molar-refractivity contribution in [3.05, 3.63) is 51.4 Å². The number of hydrogen-bond donors (Lipinski definition) is 0. The summed E-state index contributed by atoms with van der Waals surface area (Å²) in [5.41, 5.74) is 5.41. The van der Waals surface area contributed by atoms with E-state index in [-0.39, 0.29) is 5.97 Å². The lowest BCUT2D eigenvalue weighted by Gasteiger charge is -2.34. The molecule has 2 aromatic rings. The lowest BCUT2D eigenvalue weighted by Crippen LogP contribution is -2.43. The van der Waals surface area contributed by atoms with Crippen molar-refractivity contribution in [1.29, 1.82) is 0 Å². The zero-order valence-electron chi connectivity index (χ0n) is 26.7. The van der Waals surface area contributed by atoms with Gasteiger partial charge in [0, 0.05) is 48.4 Å². The van der Waals surface area contributed by atoms with Crippen LogP contribution in [-0.2, 0) is 14.3 Å². The quantitative estimate of drug-likeness (QED) is 0.321. The van der Waals surface area contributed by atoms with Crippen LogP contribution in [0, 0.1) is 0 Å². The van der Waals surface area contributed by atoms with Gasteiger partial charge in [-0.25, -0.2) is 4.79 Å². The normalized spacial score (nSPS) is 22.3. The van der Waals surface area contributed by atoms with Gasteiger partial charge in [0.05, 0.1) is 12.0 Å². The highest BCUT2D eigenvalue weighted by molar-refractivity contribution is 8.12. The Morgan fingerprint density at radius 2 is 1.61 bits per heavy atom. The van der Waals surface area contributed by atoms with Crippen LogP contribution in [-0.4, -0.2) is 91.1 Å². The fourth-order valence-corrected chi connectivity index (χ4v) is 9.34. The lowest BCUT2D eigenvalue weighted by atomic mass is 9.82. The maximum absolute atomic E-state index is 12.8. The highest BCUT2D eigenvalue weighted by Gasteiger charge is 2.34. The third-order valence-corrected chi connectivity index (χ3v) is 11.9. The van der Waals surface area contributed by atoms with Gasteiger partial charge in [0.1, 0.15) is 12.0 Å². The second-order valence-electron chi connectivity index (χ2n) is 13.4. The minimum Gasteiger partial charge on any atom is -0.473 e. The zero-order valence-corrected chi connectivity index (χ0v) is 27.5. The molecule has 0 radical (unpaired) electrons. The largest absolute Gasteiger partial charge is 0.473 e. The molecule has 2 saturated heterocycles. The number of methoxy groups -OCH3 is 1. The number of piperidine rings is 2. The van der Waals surface area contributed by atoms with Crippen LogP contribution in [0.1, 0.15) is 94.1 Å². The molecule has 0 spiro atoms. The van der Waals surface area contributed by atoms with Crippen molar-refractivity contribution >= 4 is 34.0 Å². The predicted molar refractivity (Wildman–Crippen MR) is 179 cm³/mol. The Morgan fingerprint density at radius 3 is 2.27 bits per heavy atom. The molecule has 0 N–H and O–H groups in total. The molecule has 6 heterocycles. The Morgan fingerprint density at radius 1 is 0.955 bits per heavy atom. The van der Waals surface area contributed by atoms with Gasteiger partial charge in [0.25, 0.3) is 0 Å². The first-order chi connectivity index (χ1) is 21.7. The van der Waals surface area contributed by atoms with Crippen LogP contribution < -0.4 is 5.35 Å². The first-order valence-electron chi connectivity index (χ1n) is 17.4. The molecule has 3 fully saturated rings. The van der Waals surface area contributed by atoms with Gasteiger partial charge < -0.3 is 28.6 Å². The van der Waals surface area contributed by atoms with E-state index in [1.54, 1.807) is 11.8 Å². The molecule has 1 saturated carbocycles. The molecular weight excluding hydrogens is 568 g/mol. The van der Waals surface area contributed by atoms with E-state index < -0.39 is 0 Å². The van der Waals surface area contributed by atoms with Crippen molar-refractivity contribution in [3.8, 4) is 0 Å². The van der Waals surface area contributed by atoms with E-state index in [1.165, 1.54) is 136 Å². The number of aromatic nitrogens is 1. The summed E-state index contributed by atoms with van der Waals surface area (Å²) in [6.45, 7) is 9.48. The number of rotatable bonds is 9. The highest BCUT2D eigenvalue weighted by atomic mass is 32.2. The van der Waals surface area contributed by atoms with Crippen LogP contribution in [0.5, 0.6) is 0 Å². The number of nitrogens with zero attached hydrogens (tertiary/aromatic N) is 4. The van der Waals surface area contributed by atoms with Gasteiger partial charge in [0.15, 0.2) is 0 Å². The van der Waals surface area contributed by atoms with Crippen LogP contribution in [0.25, 0.3) is 16.3 Å². The van der Waals surface area contributed by atoms with E-state index in [4.69, 9.17) is 9.47 Å². The molecule has 1 aliphatic carbocycles. The summed E-state index contributed by atoms with van der Waals surface area (Å²) in [5, 5.41) is 1.20. The minimum absolute atomic E-state index is 0.236. The monoisotopic (exact) mass is 618 g/mol. The Hall–Kier alpha value is -2.42. The fourth-order valence-electron chi connectivity index (χ4n) is 8.20. The second kappa shape index (κ2) is 13.9. The SMILES string of the molecule is COC(=O)C1=CCC2=C(S1)c1c(C3CCCCC3)c3cccn3c1=C(N(CCN1CCCCC1)CCN1CCCCC1)OC2. The number of ether oxygens (including phenoxy) is 2. The summed E-state index contributed by atoms with van der Waals surface area (Å²) in [5.74, 6) is 1.33. The Labute approximate surface area is 267 Å². The molecule has 0 bridgehead atoms. The number of carbonyl (C=O) groups excluding carboxylic acids is 1. The minimum atomic E-state index is -0.236. The van der Waals surface area contributed by atoms with E-state index >= 15 is 0 Å². The maximum atomic E-state index is 12.8. The van der Waals surface area contributed by atoms with Gasteiger partial charge in [-0.1, -0.05) is 49.9 Å². The molecule has 4 aliphatic heterocycles. The van der Waals surface area contributed by atoms with Crippen molar-refractivity contribution in [3.63, 3.8) is 0 Å². The molecule has 0 aromatic carbocycles. The summed E-state index contributed by atoms with van der Waals surface area (Å²) in [6, 6.07) is 4.52. The van der Waals surface area contributed by atoms with E-state index in [2.05, 4.69) is 37.4 Å². The number of fused-ring (bicyclic) bond motifs is 4. The summed E-state index contributed by atoms with van der Waals surface area (Å²) >= 11 is 1.61. The summed E-state index contributed by atoms with van der Waals surface area (Å²) in [7, 11) is 1.49. The lowest BCUT2D eigenvalue weighted by molar-refractivity contribution is -0.135. The number of carbonyl (C=O) groups is 1. The average Bonchev–Trinajstić information content (AvgIpc) is 3.63. The molecule has 8 heteroatoms. The maximum Gasteiger partial charge on any atom is 0.344 e. The van der Waals surface area contributed by atoms with Gasteiger partial charge >= 0.3 is 5.97 Å². The molecule has 44 heavy (non-hydrogen) atoms. The van der Waals surface area contributed by atoms with Crippen LogP contribution in [0.15, 0.2) is 34.9 Å². The molecule has 5 aliphatic rings. The molecule has 0 amide bonds. The highest BCUT2D eigenvalue weighted by Crippen LogP contribution is 2.47. The predicted octanol–water partition coefficient (Wildman–Crippen LogP) is 5.98. The van der Waals surface area contributed by atoms with Crippen molar-refractivity contribution in [2.24, 2.45) is 0 Å². The van der Waals surface area contributed by atoms with Crippen LogP contribution in [0.2, 0.25) is 0 Å². The molecule has 7 nitrogen and oxygen atoms in total. The first kappa shape index (κ1) is 30.2. The zero-order chi connectivity index (χ0) is 29.9. The van der Waals surface area contributed by atoms with E-state index in [0.29, 0.717) is 17.4 Å². The van der Waals surface area contributed by atoms with Crippen LogP contribution >= 0.6 is 11.8 Å². The smallest absolute Gasteiger partial charge is 0.344 e. The Kier molecular flexibility index (Phi) is 9.57. The Balaban J connectivity index is 1.34. The van der Waals surface area contributed by atoms with Gasteiger partial charge in [-0.3, -0.25) is 0 Å². The van der Waals surface area contributed by atoms with Gasteiger partial charge in [-0.05, 0) is 100 Å². The number of hydrogen-bond acceptors (Lipinski definition) is 7. The topological polar surface area (TPSA) is 49.7 Å². The summed E-state index contributed by atoms with van der Waals surface area (Å²) in [4.78, 5) is 22.6. The van der Waals surface area contributed by atoms with Gasteiger partial charge in [0.2, 0.25) is 5.88 Å². The molecule has 0 atom stereocenters. The van der Waals surface area contributed by atoms with Crippen LogP contribution in [0.3, 0.4) is 0 Å². The first-order valence-corrected chi connectivity index (χ1v) is 18.2. The van der Waals surface area contributed by atoms with Crippen molar-refractivity contribution < 1.29 is 14.3 Å². The summed E-state index contributed by atoms with van der Waals surface area (Å²) < 4.78 is 14.6. The van der Waals surface area contributed by atoms with Crippen molar-refractivity contribution in [2.45, 2.75) is 83.0 Å². The number of thioether (sulfide) groups is 1. The molecule has 7 rings (SSSR count). The van der Waals surface area contributed by atoms with Gasteiger partial charge in [-0.15, -0.1) is 0 Å². The molecule has 2 aromatic heterocycles. The molecular formula is C36H50N4O3S. The summed E-state index contributed by atoms with van der Waals surface area (Å²) in [6.07, 6.45) is 19.3. The van der Waals surface area contributed by atoms with E-state index in [0.717, 1.165) is 38.5 Å². The van der Waals surface area contributed by atoms with Crippen LogP contribution in [0.4, 0.5) is 0 Å². The van der Waals surface area contributed by atoms with Crippen molar-refractivity contribution in [2.75, 3.05) is 66.1 Å². The number of allylic oxidation sites excluding steroid dienone is 1. The third-order valence-electron chi connectivity index (χ3n) is 10.6. The third kappa shape index (κ3) is 6.19. The standard InChI is InChI=1S/C36H50N4O3S/c1-42-36(41)30-16-15-28-26-43-35(39(24-22-37-17-7-3-8-18-37)25-23-38-19-9-4-10-20-38)33-32(34(28)44-30)31(27-12-5-2-6-13-27)29-14-11-21-40(29)33/h11,14,16,21,27H,2-10,12-13,15,17-20,22-26H2,1H3. The average molecular weight is 619 g/mol. The van der Waals surface area contributed by atoms with E-state index in [1.807, 2.05) is 6.08 Å². The second-order valence-corrected chi connectivity index (χ2v) is 14.5. The molecule has 238 valence electrons. The fraction of sp³-hybridized carbons (Fsp3) is 0.639. The Bertz CT molecular complexity index is 1420.